The third-order valence-corrected chi connectivity index (χ3v) is 3.65. The number of hydrogen-bond donors (Lipinski definition) is 0. The van der Waals surface area contributed by atoms with Gasteiger partial charge in [-0.1, -0.05) is 0 Å². The number of aromatic nitrogens is 2. The Bertz CT molecular complexity index is 904. The van der Waals surface area contributed by atoms with E-state index in [4.69, 9.17) is 9.15 Å². The molecule has 1 aromatic carbocycles. The first-order valence-corrected chi connectivity index (χ1v) is 6.71. The van der Waals surface area contributed by atoms with Gasteiger partial charge in [0.05, 0.1) is 30.0 Å². The number of nitrogens with zero attached hydrogens (tertiary/aromatic N) is 2. The molecule has 0 aliphatic carbocycles. The number of fused-ring (bicyclic) bond motifs is 2. The van der Waals surface area contributed by atoms with E-state index < -0.39 is 23.3 Å². The molecule has 1 aliphatic rings. The van der Waals surface area contributed by atoms with Gasteiger partial charge in [0.25, 0.3) is 0 Å². The van der Waals surface area contributed by atoms with Crippen molar-refractivity contribution < 1.29 is 31.5 Å². The van der Waals surface area contributed by atoms with Crippen LogP contribution in [0.5, 0.6) is 5.75 Å². The van der Waals surface area contributed by atoms with E-state index in [0.717, 1.165) is 12.1 Å². The number of methoxy groups -OCH3 is 1. The molecule has 1 aliphatic heterocycles. The molecule has 4 rings (SSSR count). The van der Waals surface area contributed by atoms with Crippen molar-refractivity contribution in [2.24, 2.45) is 0 Å². The Balaban J connectivity index is 1.92. The lowest BCUT2D eigenvalue weighted by molar-refractivity contribution is -0.369. The third kappa shape index (κ3) is 2.04. The molecular formula is C15H8F4N2O3. The Morgan fingerprint density at radius 1 is 1.08 bits per heavy atom. The number of pyridine rings is 1. The van der Waals surface area contributed by atoms with Crippen LogP contribution in [0, 0.1) is 0 Å². The van der Waals surface area contributed by atoms with Gasteiger partial charge in [-0.15, -0.1) is 0 Å². The second kappa shape index (κ2) is 4.67. The lowest BCUT2D eigenvalue weighted by atomic mass is 10.1. The molecule has 0 spiro atoms. The van der Waals surface area contributed by atoms with Crippen LogP contribution in [0.15, 0.2) is 35.0 Å². The molecule has 0 atom stereocenters. The predicted octanol–water partition coefficient (Wildman–Crippen LogP) is 4.03. The van der Waals surface area contributed by atoms with Gasteiger partial charge in [0, 0.05) is 6.20 Å². The van der Waals surface area contributed by atoms with Crippen molar-refractivity contribution >= 4 is 11.1 Å². The SMILES string of the molecule is COc1cnccc1-c1nc2cc3c(cc2o1)C(F)(F)OC3(F)F. The van der Waals surface area contributed by atoms with Crippen molar-refractivity contribution in [3.8, 4) is 17.2 Å². The summed E-state index contributed by atoms with van der Waals surface area (Å²) in [5.74, 6) is 0.385. The molecule has 0 bridgehead atoms. The van der Waals surface area contributed by atoms with E-state index in [9.17, 15) is 17.6 Å². The van der Waals surface area contributed by atoms with Crippen LogP contribution in [0.25, 0.3) is 22.6 Å². The van der Waals surface area contributed by atoms with Crippen LogP contribution >= 0.6 is 0 Å². The standard InChI is InChI=1S/C15H8F4N2O3/c1-22-12-6-20-3-2-7(12)13-21-10-4-8-9(5-11(10)23-13)15(18,19)24-14(8,16)17/h2-6H,1H3. The molecule has 2 aromatic heterocycles. The van der Waals surface area contributed by atoms with Gasteiger partial charge in [-0.3, -0.25) is 4.98 Å². The van der Waals surface area contributed by atoms with Crippen LogP contribution in [-0.2, 0) is 17.0 Å². The molecule has 124 valence electrons. The number of hydrogen-bond acceptors (Lipinski definition) is 5. The maximum Gasteiger partial charge on any atom is 0.388 e. The fraction of sp³-hybridized carbons (Fsp3) is 0.200. The average Bonchev–Trinajstić information content (AvgIpc) is 3.02. The quantitative estimate of drug-likeness (QED) is 0.659. The summed E-state index contributed by atoms with van der Waals surface area (Å²) in [7, 11) is 1.41. The minimum absolute atomic E-state index is 0.00332. The maximum absolute atomic E-state index is 13.6. The summed E-state index contributed by atoms with van der Waals surface area (Å²) in [6, 6.07) is 3.20. The Labute approximate surface area is 131 Å². The topological polar surface area (TPSA) is 57.4 Å². The van der Waals surface area contributed by atoms with Crippen LogP contribution < -0.4 is 4.74 Å². The van der Waals surface area contributed by atoms with Crippen LogP contribution in [0.3, 0.4) is 0 Å². The number of ether oxygens (including phenoxy) is 2. The van der Waals surface area contributed by atoms with Crippen molar-refractivity contribution in [3.05, 3.63) is 41.7 Å². The molecule has 0 saturated carbocycles. The molecule has 5 nitrogen and oxygen atoms in total. The van der Waals surface area contributed by atoms with E-state index in [2.05, 4.69) is 14.7 Å². The van der Waals surface area contributed by atoms with Crippen LogP contribution in [0.1, 0.15) is 11.1 Å². The van der Waals surface area contributed by atoms with Crippen molar-refractivity contribution in [3.63, 3.8) is 0 Å². The largest absolute Gasteiger partial charge is 0.494 e. The normalized spacial score (nSPS) is 17.9. The average molecular weight is 340 g/mol. The first-order chi connectivity index (χ1) is 11.3. The summed E-state index contributed by atoms with van der Waals surface area (Å²) < 4.78 is 68.6. The highest BCUT2D eigenvalue weighted by Gasteiger charge is 2.57. The Hall–Kier alpha value is -2.68. The Morgan fingerprint density at radius 3 is 2.50 bits per heavy atom. The zero-order valence-corrected chi connectivity index (χ0v) is 12.0. The highest BCUT2D eigenvalue weighted by Crippen LogP contribution is 2.52. The van der Waals surface area contributed by atoms with Crippen molar-refractivity contribution in [2.75, 3.05) is 7.11 Å². The summed E-state index contributed by atoms with van der Waals surface area (Å²) in [5.41, 5.74) is -1.52. The number of rotatable bonds is 2. The Morgan fingerprint density at radius 2 is 1.79 bits per heavy atom. The highest BCUT2D eigenvalue weighted by molar-refractivity contribution is 5.79. The molecule has 0 saturated heterocycles. The molecule has 3 aromatic rings. The van der Waals surface area contributed by atoms with Gasteiger partial charge in [0.2, 0.25) is 5.89 Å². The van der Waals surface area contributed by atoms with Gasteiger partial charge < -0.3 is 9.15 Å². The Kier molecular flexibility index (Phi) is 2.89. The second-order valence-corrected chi connectivity index (χ2v) is 5.10. The maximum atomic E-state index is 13.6. The molecule has 9 heteroatoms. The van der Waals surface area contributed by atoms with E-state index in [1.54, 1.807) is 6.07 Å². The van der Waals surface area contributed by atoms with Gasteiger partial charge >= 0.3 is 12.2 Å². The summed E-state index contributed by atoms with van der Waals surface area (Å²) in [6.45, 7) is 0. The number of oxazole rings is 1. The molecule has 3 heterocycles. The van der Waals surface area contributed by atoms with Crippen LogP contribution in [-0.4, -0.2) is 17.1 Å². The molecule has 0 radical (unpaired) electrons. The summed E-state index contributed by atoms with van der Waals surface area (Å²) in [6.07, 6.45) is -5.32. The van der Waals surface area contributed by atoms with E-state index >= 15 is 0 Å². The van der Waals surface area contributed by atoms with Crippen LogP contribution in [0.2, 0.25) is 0 Å². The molecule has 0 fully saturated rings. The minimum Gasteiger partial charge on any atom is -0.494 e. The monoisotopic (exact) mass is 340 g/mol. The third-order valence-electron chi connectivity index (χ3n) is 3.65. The van der Waals surface area contributed by atoms with Gasteiger partial charge in [-0.25, -0.2) is 9.72 Å². The smallest absolute Gasteiger partial charge is 0.388 e. The van der Waals surface area contributed by atoms with Gasteiger partial charge in [0.15, 0.2) is 5.58 Å². The predicted molar refractivity (Wildman–Crippen MR) is 72.7 cm³/mol. The number of halogens is 4. The lowest BCUT2D eigenvalue weighted by Gasteiger charge is -2.10. The first kappa shape index (κ1) is 14.9. The zero-order chi connectivity index (χ0) is 17.1. The molecule has 0 amide bonds. The molecule has 24 heavy (non-hydrogen) atoms. The number of alkyl halides is 4. The minimum atomic E-state index is -4.10. The molecule has 0 N–H and O–H groups in total. The summed E-state index contributed by atoms with van der Waals surface area (Å²) in [5, 5.41) is 0. The van der Waals surface area contributed by atoms with E-state index in [-0.39, 0.29) is 17.0 Å². The van der Waals surface area contributed by atoms with E-state index in [1.165, 1.54) is 19.5 Å². The molecular weight excluding hydrogens is 332 g/mol. The van der Waals surface area contributed by atoms with Crippen molar-refractivity contribution in [1.29, 1.82) is 0 Å². The lowest BCUT2D eigenvalue weighted by Crippen LogP contribution is -2.17. The zero-order valence-electron chi connectivity index (χ0n) is 12.0. The fourth-order valence-electron chi connectivity index (χ4n) is 2.56. The van der Waals surface area contributed by atoms with Crippen LogP contribution in [0.4, 0.5) is 17.6 Å². The van der Waals surface area contributed by atoms with Gasteiger partial charge in [0.1, 0.15) is 11.3 Å². The highest BCUT2D eigenvalue weighted by atomic mass is 19.3. The number of benzene rings is 1. The van der Waals surface area contributed by atoms with Crippen molar-refractivity contribution in [2.45, 2.75) is 12.2 Å². The van der Waals surface area contributed by atoms with Gasteiger partial charge in [-0.2, -0.15) is 17.6 Å². The summed E-state index contributed by atoms with van der Waals surface area (Å²) >= 11 is 0. The molecule has 0 unspecified atom stereocenters. The second-order valence-electron chi connectivity index (χ2n) is 5.10. The summed E-state index contributed by atoms with van der Waals surface area (Å²) in [4.78, 5) is 7.95. The van der Waals surface area contributed by atoms with E-state index in [0.29, 0.717) is 11.3 Å². The van der Waals surface area contributed by atoms with E-state index in [1.807, 2.05) is 0 Å². The fourth-order valence-corrected chi connectivity index (χ4v) is 2.56. The van der Waals surface area contributed by atoms with Crippen molar-refractivity contribution in [1.82, 2.24) is 9.97 Å². The van der Waals surface area contributed by atoms with Gasteiger partial charge in [-0.05, 0) is 18.2 Å². The first-order valence-electron chi connectivity index (χ1n) is 6.71.